The first kappa shape index (κ1) is 15.3. The molecular weight excluding hydrogens is 282 g/mol. The first-order valence-electron chi connectivity index (χ1n) is 8.10. The molecule has 0 saturated heterocycles. The molecule has 0 spiro atoms. The number of esters is 1. The molecule has 120 valence electrons. The fraction of sp³-hybridized carbons (Fsp3) is 0.706. The molecule has 6 atom stereocenters. The molecule has 1 N–H and O–H groups in total. The Morgan fingerprint density at radius 2 is 1.91 bits per heavy atom. The van der Waals surface area contributed by atoms with Crippen molar-refractivity contribution in [2.75, 3.05) is 6.61 Å². The van der Waals surface area contributed by atoms with Gasteiger partial charge in [-0.25, -0.2) is 4.79 Å². The van der Waals surface area contributed by atoms with Gasteiger partial charge in [0.15, 0.2) is 6.61 Å². The molecular formula is C17H23NO4. The van der Waals surface area contributed by atoms with Gasteiger partial charge in [-0.2, -0.15) is 0 Å². The quantitative estimate of drug-likeness (QED) is 0.474. The number of carbonyl (C=O) groups excluding carboxylic acids is 3. The van der Waals surface area contributed by atoms with Crippen molar-refractivity contribution < 1.29 is 19.1 Å². The maximum absolute atomic E-state index is 12.0. The van der Waals surface area contributed by atoms with E-state index in [1.54, 1.807) is 6.92 Å². The third kappa shape index (κ3) is 2.46. The molecule has 0 aromatic rings. The average Bonchev–Trinajstić information content (AvgIpc) is 3.15. The highest BCUT2D eigenvalue weighted by molar-refractivity contribution is 5.89. The smallest absolute Gasteiger partial charge is 0.333 e. The Balaban J connectivity index is 1.60. The van der Waals surface area contributed by atoms with E-state index in [0.29, 0.717) is 23.7 Å². The van der Waals surface area contributed by atoms with Gasteiger partial charge in [0.1, 0.15) is 6.29 Å². The lowest BCUT2D eigenvalue weighted by Crippen LogP contribution is -2.49. The minimum atomic E-state index is -0.564. The van der Waals surface area contributed by atoms with Gasteiger partial charge in [0.25, 0.3) is 5.91 Å². The first-order valence-corrected chi connectivity index (χ1v) is 8.10. The van der Waals surface area contributed by atoms with Crippen LogP contribution in [-0.2, 0) is 19.1 Å². The molecule has 5 heteroatoms. The molecule has 1 amide bonds. The van der Waals surface area contributed by atoms with E-state index in [9.17, 15) is 14.4 Å². The van der Waals surface area contributed by atoms with Gasteiger partial charge in [-0.3, -0.25) is 4.79 Å². The Labute approximate surface area is 130 Å². The van der Waals surface area contributed by atoms with Gasteiger partial charge in [0, 0.05) is 17.5 Å². The monoisotopic (exact) mass is 305 g/mol. The van der Waals surface area contributed by atoms with Crippen LogP contribution in [0.1, 0.15) is 32.6 Å². The molecule has 0 aromatic carbocycles. The summed E-state index contributed by atoms with van der Waals surface area (Å²) in [4.78, 5) is 34.8. The standard InChI is InChI=1S/C17H23NO4/c1-9(2)17(21)22-8-15(20)18-16-13-6-12(14(16)7-19)10-4-3-5-11(10)13/h7,10-14,16H,1,3-6,8H2,2H3,(H,18,20). The van der Waals surface area contributed by atoms with Gasteiger partial charge in [0.2, 0.25) is 0 Å². The van der Waals surface area contributed by atoms with Gasteiger partial charge in [-0.05, 0) is 49.9 Å². The average molecular weight is 305 g/mol. The lowest BCUT2D eigenvalue weighted by atomic mass is 9.73. The summed E-state index contributed by atoms with van der Waals surface area (Å²) in [6.07, 6.45) is 5.76. The van der Waals surface area contributed by atoms with Crippen molar-refractivity contribution in [2.24, 2.45) is 29.6 Å². The summed E-state index contributed by atoms with van der Waals surface area (Å²) in [6, 6.07) is -0.0853. The molecule has 0 heterocycles. The SMILES string of the molecule is C=C(C)C(=O)OCC(=O)NC1C(C=O)C2CC1C1CCCC21. The summed E-state index contributed by atoms with van der Waals surface area (Å²) in [5, 5.41) is 2.94. The molecule has 5 nitrogen and oxygen atoms in total. The van der Waals surface area contributed by atoms with E-state index < -0.39 is 5.97 Å². The van der Waals surface area contributed by atoms with Crippen LogP contribution in [0.4, 0.5) is 0 Å². The van der Waals surface area contributed by atoms with Crippen molar-refractivity contribution in [1.29, 1.82) is 0 Å². The highest BCUT2D eigenvalue weighted by Crippen LogP contribution is 2.60. The van der Waals surface area contributed by atoms with E-state index in [0.717, 1.165) is 12.7 Å². The number of fused-ring (bicyclic) bond motifs is 5. The molecule has 3 aliphatic rings. The van der Waals surface area contributed by atoms with Crippen LogP contribution in [0.2, 0.25) is 0 Å². The second-order valence-electron chi connectivity index (χ2n) is 6.99. The second-order valence-corrected chi connectivity index (χ2v) is 6.99. The molecule has 0 aromatic heterocycles. The number of nitrogens with one attached hydrogen (secondary N) is 1. The summed E-state index contributed by atoms with van der Waals surface area (Å²) in [5.41, 5.74) is 0.271. The van der Waals surface area contributed by atoms with Crippen LogP contribution >= 0.6 is 0 Å². The summed E-state index contributed by atoms with van der Waals surface area (Å²) >= 11 is 0. The zero-order valence-corrected chi connectivity index (χ0v) is 12.9. The Morgan fingerprint density at radius 1 is 1.23 bits per heavy atom. The zero-order valence-electron chi connectivity index (χ0n) is 12.9. The zero-order chi connectivity index (χ0) is 15.9. The molecule has 3 saturated carbocycles. The molecule has 6 unspecified atom stereocenters. The van der Waals surface area contributed by atoms with Crippen LogP contribution in [0.5, 0.6) is 0 Å². The molecule has 3 rings (SSSR count). The minimum absolute atomic E-state index is 0.0786. The van der Waals surface area contributed by atoms with Crippen molar-refractivity contribution in [2.45, 2.75) is 38.6 Å². The Hall–Kier alpha value is -1.65. The molecule has 0 radical (unpaired) electrons. The van der Waals surface area contributed by atoms with E-state index in [-0.39, 0.29) is 30.0 Å². The predicted octanol–water partition coefficient (Wildman–Crippen LogP) is 1.47. The summed E-state index contributed by atoms with van der Waals surface area (Å²) < 4.78 is 4.87. The fourth-order valence-electron chi connectivity index (χ4n) is 5.02. The molecule has 3 fully saturated rings. The Bertz CT molecular complexity index is 515. The van der Waals surface area contributed by atoms with Gasteiger partial charge in [0.05, 0.1) is 0 Å². The molecule has 2 bridgehead atoms. The maximum Gasteiger partial charge on any atom is 0.333 e. The van der Waals surface area contributed by atoms with E-state index in [1.165, 1.54) is 19.3 Å². The number of aldehydes is 1. The van der Waals surface area contributed by atoms with Crippen molar-refractivity contribution >= 4 is 18.2 Å². The van der Waals surface area contributed by atoms with E-state index in [1.807, 2.05) is 0 Å². The summed E-state index contributed by atoms with van der Waals surface area (Å²) in [7, 11) is 0. The lowest BCUT2D eigenvalue weighted by Gasteiger charge is -2.36. The van der Waals surface area contributed by atoms with Crippen LogP contribution in [0, 0.1) is 29.6 Å². The van der Waals surface area contributed by atoms with Gasteiger partial charge < -0.3 is 14.8 Å². The van der Waals surface area contributed by atoms with E-state index in [2.05, 4.69) is 11.9 Å². The highest BCUT2D eigenvalue weighted by atomic mass is 16.5. The van der Waals surface area contributed by atoms with E-state index >= 15 is 0 Å². The largest absolute Gasteiger partial charge is 0.452 e. The number of amides is 1. The maximum atomic E-state index is 12.0. The molecule has 0 aliphatic heterocycles. The topological polar surface area (TPSA) is 72.5 Å². The Kier molecular flexibility index (Phi) is 4.06. The van der Waals surface area contributed by atoms with Gasteiger partial charge >= 0.3 is 5.97 Å². The third-order valence-electron chi connectivity index (χ3n) is 5.81. The second kappa shape index (κ2) is 5.86. The van der Waals surface area contributed by atoms with Crippen LogP contribution in [0.3, 0.4) is 0 Å². The normalized spacial score (nSPS) is 38.4. The van der Waals surface area contributed by atoms with Crippen molar-refractivity contribution in [3.05, 3.63) is 12.2 Å². The van der Waals surface area contributed by atoms with Crippen molar-refractivity contribution in [3.8, 4) is 0 Å². The fourth-order valence-corrected chi connectivity index (χ4v) is 5.02. The number of ether oxygens (including phenoxy) is 1. The number of hydrogen-bond acceptors (Lipinski definition) is 4. The lowest BCUT2D eigenvalue weighted by molar-refractivity contribution is -0.145. The summed E-state index contributed by atoms with van der Waals surface area (Å²) in [6.45, 7) is 4.71. The highest BCUT2D eigenvalue weighted by Gasteiger charge is 2.59. The number of hydrogen-bond donors (Lipinski definition) is 1. The third-order valence-corrected chi connectivity index (χ3v) is 5.81. The van der Waals surface area contributed by atoms with Gasteiger partial charge in [-0.15, -0.1) is 0 Å². The van der Waals surface area contributed by atoms with Crippen LogP contribution in [-0.4, -0.2) is 30.8 Å². The predicted molar refractivity (Wildman–Crippen MR) is 79.7 cm³/mol. The molecule has 3 aliphatic carbocycles. The first-order chi connectivity index (χ1) is 10.5. The summed E-state index contributed by atoms with van der Waals surface area (Å²) in [5.74, 6) is 1.20. The van der Waals surface area contributed by atoms with E-state index in [4.69, 9.17) is 4.74 Å². The van der Waals surface area contributed by atoms with Gasteiger partial charge in [-0.1, -0.05) is 13.0 Å². The van der Waals surface area contributed by atoms with Crippen LogP contribution in [0.25, 0.3) is 0 Å². The molecule has 22 heavy (non-hydrogen) atoms. The van der Waals surface area contributed by atoms with Crippen LogP contribution < -0.4 is 5.32 Å². The van der Waals surface area contributed by atoms with Crippen LogP contribution in [0.15, 0.2) is 12.2 Å². The Morgan fingerprint density at radius 3 is 2.55 bits per heavy atom. The van der Waals surface area contributed by atoms with Crippen molar-refractivity contribution in [1.82, 2.24) is 5.32 Å². The van der Waals surface area contributed by atoms with Crippen molar-refractivity contribution in [3.63, 3.8) is 0 Å². The number of carbonyl (C=O) groups is 3. The minimum Gasteiger partial charge on any atom is -0.452 e. The number of rotatable bonds is 5.